The third kappa shape index (κ3) is 4.37. The maximum Gasteiger partial charge on any atom is 0.340 e. The second-order valence-electron chi connectivity index (χ2n) is 6.29. The van der Waals surface area contributed by atoms with E-state index in [0.717, 1.165) is 11.3 Å². The summed E-state index contributed by atoms with van der Waals surface area (Å²) in [6, 6.07) is 6.64. The SMILES string of the molecule is C=CCNS(=O)(=O)c1sc2c(c1C(=O)OC)CCN(C(=O)c1cccc(Cl)c1)C2. The van der Waals surface area contributed by atoms with Crippen LogP contribution in [0.15, 0.2) is 41.1 Å². The number of amides is 1. The van der Waals surface area contributed by atoms with Crippen LogP contribution in [0.4, 0.5) is 0 Å². The molecule has 0 aliphatic carbocycles. The van der Waals surface area contributed by atoms with Crippen LogP contribution in [0.25, 0.3) is 0 Å². The number of benzene rings is 1. The van der Waals surface area contributed by atoms with Crippen molar-refractivity contribution >= 4 is 44.8 Å². The monoisotopic (exact) mass is 454 g/mol. The van der Waals surface area contributed by atoms with E-state index in [1.807, 2.05) is 0 Å². The summed E-state index contributed by atoms with van der Waals surface area (Å²) in [5.41, 5.74) is 1.10. The molecule has 1 amide bonds. The number of fused-ring (bicyclic) bond motifs is 1. The minimum atomic E-state index is -3.92. The van der Waals surface area contributed by atoms with Gasteiger partial charge in [0.2, 0.25) is 0 Å². The molecule has 0 bridgehead atoms. The van der Waals surface area contributed by atoms with Crippen molar-refractivity contribution in [3.05, 3.63) is 63.5 Å². The molecule has 1 aliphatic heterocycles. The van der Waals surface area contributed by atoms with Gasteiger partial charge in [0, 0.05) is 28.6 Å². The Morgan fingerprint density at radius 2 is 2.17 bits per heavy atom. The van der Waals surface area contributed by atoms with E-state index < -0.39 is 16.0 Å². The fraction of sp³-hybridized carbons (Fsp3) is 0.263. The predicted molar refractivity (Wildman–Crippen MR) is 111 cm³/mol. The third-order valence-electron chi connectivity index (χ3n) is 4.43. The number of esters is 1. The van der Waals surface area contributed by atoms with E-state index in [0.29, 0.717) is 34.0 Å². The van der Waals surface area contributed by atoms with Crippen LogP contribution in [0.2, 0.25) is 5.02 Å². The highest BCUT2D eigenvalue weighted by Crippen LogP contribution is 2.37. The van der Waals surface area contributed by atoms with E-state index in [1.165, 1.54) is 13.2 Å². The number of hydrogen-bond donors (Lipinski definition) is 1. The Morgan fingerprint density at radius 1 is 1.41 bits per heavy atom. The van der Waals surface area contributed by atoms with Crippen LogP contribution in [-0.2, 0) is 27.7 Å². The predicted octanol–water partition coefficient (Wildman–Crippen LogP) is 2.85. The summed E-state index contributed by atoms with van der Waals surface area (Å²) in [7, 11) is -2.72. The van der Waals surface area contributed by atoms with Crippen LogP contribution in [-0.4, -0.2) is 45.4 Å². The Hall–Kier alpha value is -2.20. The lowest BCUT2D eigenvalue weighted by Gasteiger charge is -2.27. The standard InChI is InChI=1S/C19H19ClN2O5S2/c1-3-8-21-29(25,26)19-16(18(24)27-2)14-7-9-22(11-15(14)28-19)17(23)12-5-4-6-13(20)10-12/h3-6,10,21H,1,7-9,11H2,2H3. The number of halogens is 1. The van der Waals surface area contributed by atoms with Crippen molar-refractivity contribution in [1.29, 1.82) is 0 Å². The van der Waals surface area contributed by atoms with Gasteiger partial charge in [0.25, 0.3) is 15.9 Å². The van der Waals surface area contributed by atoms with Crippen LogP contribution >= 0.6 is 22.9 Å². The van der Waals surface area contributed by atoms with E-state index >= 15 is 0 Å². The highest BCUT2D eigenvalue weighted by Gasteiger charge is 2.34. The summed E-state index contributed by atoms with van der Waals surface area (Å²) in [6.07, 6.45) is 1.76. The van der Waals surface area contributed by atoms with Crippen LogP contribution in [0.3, 0.4) is 0 Å². The molecule has 7 nitrogen and oxygen atoms in total. The average molecular weight is 455 g/mol. The zero-order valence-electron chi connectivity index (χ0n) is 15.6. The lowest BCUT2D eigenvalue weighted by molar-refractivity contribution is 0.0595. The Morgan fingerprint density at radius 3 is 2.83 bits per heavy atom. The normalized spacial score (nSPS) is 13.7. The number of thiophene rings is 1. The van der Waals surface area contributed by atoms with Crippen molar-refractivity contribution in [3.63, 3.8) is 0 Å². The summed E-state index contributed by atoms with van der Waals surface area (Å²) in [4.78, 5) is 27.4. The van der Waals surface area contributed by atoms with Crippen molar-refractivity contribution in [3.8, 4) is 0 Å². The molecule has 29 heavy (non-hydrogen) atoms. The van der Waals surface area contributed by atoms with Gasteiger partial charge in [0.1, 0.15) is 4.21 Å². The van der Waals surface area contributed by atoms with E-state index in [9.17, 15) is 18.0 Å². The average Bonchev–Trinajstić information content (AvgIpc) is 3.11. The van der Waals surface area contributed by atoms with Crippen LogP contribution in [0.1, 0.15) is 31.2 Å². The number of carbonyl (C=O) groups is 2. The highest BCUT2D eigenvalue weighted by atomic mass is 35.5. The number of hydrogen-bond acceptors (Lipinski definition) is 6. The number of nitrogens with one attached hydrogen (secondary N) is 1. The summed E-state index contributed by atoms with van der Waals surface area (Å²) < 4.78 is 32.4. The van der Waals surface area contributed by atoms with Gasteiger partial charge in [-0.2, -0.15) is 0 Å². The maximum absolute atomic E-state index is 12.8. The number of ether oxygens (including phenoxy) is 1. The summed E-state index contributed by atoms with van der Waals surface area (Å²) in [6.45, 7) is 4.07. The number of sulfonamides is 1. The molecule has 0 atom stereocenters. The minimum absolute atomic E-state index is 0.0326. The zero-order valence-corrected chi connectivity index (χ0v) is 18.0. The van der Waals surface area contributed by atoms with Gasteiger partial charge < -0.3 is 9.64 Å². The second kappa shape index (κ2) is 8.66. The summed E-state index contributed by atoms with van der Waals surface area (Å²) in [5, 5.41) is 0.458. The molecule has 0 unspecified atom stereocenters. The number of methoxy groups -OCH3 is 1. The lowest BCUT2D eigenvalue weighted by atomic mass is 10.0. The lowest BCUT2D eigenvalue weighted by Crippen LogP contribution is -2.35. The van der Waals surface area contributed by atoms with Gasteiger partial charge in [-0.25, -0.2) is 17.9 Å². The van der Waals surface area contributed by atoms with E-state index in [2.05, 4.69) is 11.3 Å². The molecule has 1 aliphatic rings. The molecule has 10 heteroatoms. The molecule has 1 aromatic heterocycles. The van der Waals surface area contributed by atoms with Crippen molar-refractivity contribution in [2.75, 3.05) is 20.2 Å². The Kier molecular flexibility index (Phi) is 6.42. The van der Waals surface area contributed by atoms with Gasteiger partial charge in [-0.15, -0.1) is 17.9 Å². The maximum atomic E-state index is 12.8. The number of carbonyl (C=O) groups excluding carboxylic acids is 2. The first-order valence-electron chi connectivity index (χ1n) is 8.66. The largest absolute Gasteiger partial charge is 0.465 e. The van der Waals surface area contributed by atoms with Gasteiger partial charge in [-0.1, -0.05) is 23.7 Å². The van der Waals surface area contributed by atoms with Crippen molar-refractivity contribution in [2.24, 2.45) is 0 Å². The first kappa shape index (κ1) is 21.5. The molecule has 0 saturated heterocycles. The quantitative estimate of drug-likeness (QED) is 0.535. The summed E-state index contributed by atoms with van der Waals surface area (Å²) >= 11 is 6.95. The molecule has 1 aromatic carbocycles. The fourth-order valence-electron chi connectivity index (χ4n) is 3.09. The molecule has 0 saturated carbocycles. The van der Waals surface area contributed by atoms with Gasteiger partial charge in [0.05, 0.1) is 19.2 Å². The minimum Gasteiger partial charge on any atom is -0.465 e. The topological polar surface area (TPSA) is 92.8 Å². The molecule has 154 valence electrons. The first-order valence-corrected chi connectivity index (χ1v) is 11.3. The van der Waals surface area contributed by atoms with Gasteiger partial charge in [0.15, 0.2) is 0 Å². The van der Waals surface area contributed by atoms with Gasteiger partial charge in [-0.05, 0) is 30.2 Å². The van der Waals surface area contributed by atoms with Crippen LogP contribution < -0.4 is 4.72 Å². The Labute approximate surface area is 178 Å². The number of nitrogens with zero attached hydrogens (tertiary/aromatic N) is 1. The smallest absolute Gasteiger partial charge is 0.340 e. The Bertz CT molecular complexity index is 1080. The molecule has 0 spiro atoms. The Balaban J connectivity index is 1.97. The first-order chi connectivity index (χ1) is 13.8. The van der Waals surface area contributed by atoms with E-state index in [1.54, 1.807) is 29.2 Å². The molecule has 3 rings (SSSR count). The third-order valence-corrected chi connectivity index (χ3v) is 7.83. The molecular formula is C19H19ClN2O5S2. The molecule has 2 heterocycles. The van der Waals surface area contributed by atoms with E-state index in [-0.39, 0.29) is 28.8 Å². The van der Waals surface area contributed by atoms with Crippen molar-refractivity contribution in [2.45, 2.75) is 17.2 Å². The molecule has 0 fully saturated rings. The molecule has 0 radical (unpaired) electrons. The van der Waals surface area contributed by atoms with Crippen LogP contribution in [0, 0.1) is 0 Å². The zero-order chi connectivity index (χ0) is 21.2. The molecule has 2 aromatic rings. The number of rotatable bonds is 6. The van der Waals surface area contributed by atoms with Crippen molar-refractivity contribution in [1.82, 2.24) is 9.62 Å². The van der Waals surface area contributed by atoms with E-state index in [4.69, 9.17) is 16.3 Å². The van der Waals surface area contributed by atoms with Crippen LogP contribution in [0.5, 0.6) is 0 Å². The second-order valence-corrected chi connectivity index (χ2v) is 9.79. The van der Waals surface area contributed by atoms with Crippen molar-refractivity contribution < 1.29 is 22.7 Å². The fourth-order valence-corrected chi connectivity index (χ4v) is 6.22. The molecule has 1 N–H and O–H groups in total. The highest BCUT2D eigenvalue weighted by molar-refractivity contribution is 7.91. The van der Waals surface area contributed by atoms with Gasteiger partial charge >= 0.3 is 5.97 Å². The van der Waals surface area contributed by atoms with Gasteiger partial charge in [-0.3, -0.25) is 4.79 Å². The summed E-state index contributed by atoms with van der Waals surface area (Å²) in [5.74, 6) is -0.920. The molecular weight excluding hydrogens is 436 g/mol.